The first kappa shape index (κ1) is 19.8. The van der Waals surface area contributed by atoms with Crippen LogP contribution in [0.4, 0.5) is 5.69 Å². The fraction of sp³-hybridized carbons (Fsp3) is 0.235. The number of nitrogens with zero attached hydrogens (tertiary/aromatic N) is 1. The van der Waals surface area contributed by atoms with Crippen molar-refractivity contribution >= 4 is 43.2 Å². The molecule has 2 aromatic rings. The maximum atomic E-state index is 12.4. The Hall–Kier alpha value is -1.94. The number of anilines is 1. The number of amides is 1. The Bertz CT molecular complexity index is 1080. The average molecular weight is 429 g/mol. The van der Waals surface area contributed by atoms with Gasteiger partial charge in [0.15, 0.2) is 0 Å². The quantitative estimate of drug-likeness (QED) is 0.786. The van der Waals surface area contributed by atoms with Gasteiger partial charge in [-0.15, -0.1) is 0 Å². The SMILES string of the molecule is C[C@H]1CS(=O)(=O)N(c2ccc(S(=O)(=O)NCc3ccccc3Cl)cc2)C1=O. The molecule has 7 nitrogen and oxygen atoms in total. The number of nitrogens with one attached hydrogen (secondary N) is 1. The molecule has 0 aromatic heterocycles. The van der Waals surface area contributed by atoms with Crippen LogP contribution in [0.3, 0.4) is 0 Å². The molecular weight excluding hydrogens is 412 g/mol. The maximum Gasteiger partial charge on any atom is 0.244 e. The van der Waals surface area contributed by atoms with E-state index >= 15 is 0 Å². The molecule has 1 atom stereocenters. The van der Waals surface area contributed by atoms with Gasteiger partial charge in [-0.05, 0) is 35.9 Å². The molecule has 0 radical (unpaired) electrons. The zero-order valence-electron chi connectivity index (χ0n) is 14.3. The van der Waals surface area contributed by atoms with Crippen molar-refractivity contribution in [3.8, 4) is 0 Å². The number of sulfonamides is 2. The number of hydrogen-bond donors (Lipinski definition) is 1. The lowest BCUT2D eigenvalue weighted by atomic mass is 10.2. The van der Waals surface area contributed by atoms with Crippen molar-refractivity contribution in [1.82, 2.24) is 4.72 Å². The van der Waals surface area contributed by atoms with Crippen LogP contribution >= 0.6 is 11.6 Å². The summed E-state index contributed by atoms with van der Waals surface area (Å²) in [6, 6.07) is 12.0. The summed E-state index contributed by atoms with van der Waals surface area (Å²) in [5, 5.41) is 0.447. The molecule has 3 rings (SSSR count). The van der Waals surface area contributed by atoms with E-state index in [-0.39, 0.29) is 22.9 Å². The summed E-state index contributed by atoms with van der Waals surface area (Å²) in [5.74, 6) is -1.41. The molecule has 1 aliphatic heterocycles. The van der Waals surface area contributed by atoms with Gasteiger partial charge in [-0.2, -0.15) is 0 Å². The van der Waals surface area contributed by atoms with Gasteiger partial charge in [0, 0.05) is 11.6 Å². The number of hydrogen-bond acceptors (Lipinski definition) is 5. The predicted molar refractivity (Wildman–Crippen MR) is 102 cm³/mol. The van der Waals surface area contributed by atoms with Gasteiger partial charge in [0.05, 0.1) is 22.3 Å². The number of halogens is 1. The minimum atomic E-state index is -3.83. The van der Waals surface area contributed by atoms with Gasteiger partial charge in [0.1, 0.15) is 0 Å². The fourth-order valence-electron chi connectivity index (χ4n) is 2.75. The molecule has 0 bridgehead atoms. The number of benzene rings is 2. The second-order valence-electron chi connectivity index (χ2n) is 6.19. The average Bonchev–Trinajstić information content (AvgIpc) is 2.81. The zero-order chi connectivity index (χ0) is 19.8. The smallest absolute Gasteiger partial charge is 0.244 e. The van der Waals surface area contributed by atoms with Gasteiger partial charge in [0.25, 0.3) is 0 Å². The fourth-order valence-corrected chi connectivity index (χ4v) is 5.78. The molecule has 1 saturated heterocycles. The Kier molecular flexibility index (Phi) is 5.31. The van der Waals surface area contributed by atoms with Crippen LogP contribution in [0, 0.1) is 5.92 Å². The third kappa shape index (κ3) is 4.01. The van der Waals surface area contributed by atoms with Crippen LogP contribution in [0.1, 0.15) is 12.5 Å². The summed E-state index contributed by atoms with van der Waals surface area (Å²) >= 11 is 6.02. The first-order chi connectivity index (χ1) is 12.6. The van der Waals surface area contributed by atoms with Crippen molar-refractivity contribution in [3.63, 3.8) is 0 Å². The van der Waals surface area contributed by atoms with E-state index in [1.807, 2.05) is 0 Å². The summed E-state index contributed by atoms with van der Waals surface area (Å²) in [6.07, 6.45) is 0. The van der Waals surface area contributed by atoms with Crippen molar-refractivity contribution in [2.24, 2.45) is 5.92 Å². The Morgan fingerprint density at radius 2 is 1.78 bits per heavy atom. The molecule has 0 aliphatic carbocycles. The molecule has 1 fully saturated rings. The monoisotopic (exact) mass is 428 g/mol. The highest BCUT2D eigenvalue weighted by Gasteiger charge is 2.41. The molecule has 1 aliphatic rings. The zero-order valence-corrected chi connectivity index (χ0v) is 16.7. The highest BCUT2D eigenvalue weighted by molar-refractivity contribution is 7.94. The summed E-state index contributed by atoms with van der Waals surface area (Å²) in [6.45, 7) is 1.55. The Balaban J connectivity index is 1.80. The predicted octanol–water partition coefficient (Wildman–Crippen LogP) is 2.13. The minimum absolute atomic E-state index is 0.0141. The Labute approximate surface area is 163 Å². The molecular formula is C17H17ClN2O5S2. The summed E-state index contributed by atoms with van der Waals surface area (Å²) in [4.78, 5) is 12.1. The third-order valence-corrected chi connectivity index (χ3v) is 7.81. The first-order valence-corrected chi connectivity index (χ1v) is 11.5. The van der Waals surface area contributed by atoms with E-state index in [1.54, 1.807) is 24.3 Å². The van der Waals surface area contributed by atoms with Crippen LogP contribution in [-0.2, 0) is 31.4 Å². The van der Waals surface area contributed by atoms with Gasteiger partial charge in [-0.1, -0.05) is 36.7 Å². The van der Waals surface area contributed by atoms with E-state index in [2.05, 4.69) is 4.72 Å². The van der Waals surface area contributed by atoms with E-state index in [9.17, 15) is 21.6 Å². The molecule has 1 heterocycles. The highest BCUT2D eigenvalue weighted by atomic mass is 35.5. The van der Waals surface area contributed by atoms with E-state index in [0.717, 1.165) is 4.31 Å². The van der Waals surface area contributed by atoms with Crippen LogP contribution in [0.25, 0.3) is 0 Å². The lowest BCUT2D eigenvalue weighted by Crippen LogP contribution is -2.30. The minimum Gasteiger partial charge on any atom is -0.273 e. The Morgan fingerprint density at radius 3 is 2.33 bits per heavy atom. The molecule has 0 spiro atoms. The molecule has 1 amide bonds. The van der Waals surface area contributed by atoms with Crippen LogP contribution in [0.15, 0.2) is 53.4 Å². The molecule has 1 N–H and O–H groups in total. The molecule has 10 heteroatoms. The Morgan fingerprint density at radius 1 is 1.15 bits per heavy atom. The topological polar surface area (TPSA) is 101 Å². The van der Waals surface area contributed by atoms with E-state index in [0.29, 0.717) is 10.6 Å². The van der Waals surface area contributed by atoms with Crippen LogP contribution < -0.4 is 9.03 Å². The number of carbonyl (C=O) groups is 1. The standard InChI is InChI=1S/C17H17ClN2O5S2/c1-12-11-26(22,23)20(17(12)21)14-6-8-15(9-7-14)27(24,25)19-10-13-4-2-3-5-16(13)18/h2-9,12,19H,10-11H2,1H3/t12-/m0/s1. The van der Waals surface area contributed by atoms with E-state index in [4.69, 9.17) is 11.6 Å². The number of carbonyl (C=O) groups excluding carboxylic acids is 1. The molecule has 2 aromatic carbocycles. The van der Waals surface area contributed by atoms with Gasteiger partial charge in [-0.25, -0.2) is 25.9 Å². The van der Waals surface area contributed by atoms with E-state index in [1.165, 1.54) is 31.2 Å². The number of rotatable bonds is 5. The van der Waals surface area contributed by atoms with Gasteiger partial charge in [-0.3, -0.25) is 4.79 Å². The molecule has 27 heavy (non-hydrogen) atoms. The van der Waals surface area contributed by atoms with Crippen LogP contribution in [-0.4, -0.2) is 28.5 Å². The van der Waals surface area contributed by atoms with Gasteiger partial charge < -0.3 is 0 Å². The van der Waals surface area contributed by atoms with Crippen LogP contribution in [0.2, 0.25) is 5.02 Å². The normalized spacial score (nSPS) is 19.4. The summed E-state index contributed by atoms with van der Waals surface area (Å²) < 4.78 is 52.3. The largest absolute Gasteiger partial charge is 0.273 e. The van der Waals surface area contributed by atoms with Crippen molar-refractivity contribution in [3.05, 3.63) is 59.1 Å². The van der Waals surface area contributed by atoms with Crippen molar-refractivity contribution < 1.29 is 21.6 Å². The summed E-state index contributed by atoms with van der Waals surface area (Å²) in [7, 11) is -7.56. The second-order valence-corrected chi connectivity index (χ2v) is 10.2. The first-order valence-electron chi connectivity index (χ1n) is 8.02. The van der Waals surface area contributed by atoms with Crippen LogP contribution in [0.5, 0.6) is 0 Å². The van der Waals surface area contributed by atoms with Gasteiger partial charge >= 0.3 is 0 Å². The third-order valence-electron chi connectivity index (χ3n) is 4.15. The maximum absolute atomic E-state index is 12.4. The van der Waals surface area contributed by atoms with E-state index < -0.39 is 31.9 Å². The summed E-state index contributed by atoms with van der Waals surface area (Å²) in [5.41, 5.74) is 0.747. The van der Waals surface area contributed by atoms with Crippen molar-refractivity contribution in [1.29, 1.82) is 0 Å². The highest BCUT2D eigenvalue weighted by Crippen LogP contribution is 2.29. The van der Waals surface area contributed by atoms with Gasteiger partial charge in [0.2, 0.25) is 26.0 Å². The molecule has 0 saturated carbocycles. The second kappa shape index (κ2) is 7.23. The van der Waals surface area contributed by atoms with Crippen molar-refractivity contribution in [2.45, 2.75) is 18.4 Å². The molecule has 144 valence electrons. The lowest BCUT2D eigenvalue weighted by Gasteiger charge is -2.16. The van der Waals surface area contributed by atoms with Crippen molar-refractivity contribution in [2.75, 3.05) is 10.1 Å². The lowest BCUT2D eigenvalue weighted by molar-refractivity contribution is -0.119. The molecule has 0 unspecified atom stereocenters.